The predicted octanol–water partition coefficient (Wildman–Crippen LogP) is 0.495. The molecule has 0 bridgehead atoms. The zero-order valence-electron chi connectivity index (χ0n) is 3.56. The molecule has 2 radical (unpaired) electrons. The monoisotopic (exact) mass is 174 g/mol. The van der Waals surface area contributed by atoms with Crippen molar-refractivity contribution < 1.29 is 2.85 Å². The zero-order chi connectivity index (χ0) is 4.28. The van der Waals surface area contributed by atoms with E-state index in [1.165, 1.54) is 0 Å². The Labute approximate surface area is 47.9 Å². The molecule has 0 aromatic rings. The second-order valence-corrected chi connectivity index (χ2v) is 1.96. The summed E-state index contributed by atoms with van der Waals surface area (Å²) < 4.78 is 4.88. The fraction of sp³-hybridized carbons (Fsp3) is 1.00. The van der Waals surface area contributed by atoms with Gasteiger partial charge in [0.05, 0.1) is 0 Å². The molecule has 0 saturated heterocycles. The van der Waals surface area contributed by atoms with Crippen LogP contribution in [0.1, 0.15) is 13.8 Å². The molecule has 0 amide bonds. The van der Waals surface area contributed by atoms with E-state index in [2.05, 4.69) is 0 Å². The summed E-state index contributed by atoms with van der Waals surface area (Å²) in [5.41, 5.74) is 0. The summed E-state index contributed by atoms with van der Waals surface area (Å²) in [6, 6.07) is 0. The molecule has 0 atom stereocenters. The van der Waals surface area contributed by atoms with Crippen molar-refractivity contribution in [1.82, 2.24) is 0 Å². The summed E-state index contributed by atoms with van der Waals surface area (Å²) in [4.78, 5) is 0. The molecule has 0 N–H and O–H groups in total. The van der Waals surface area contributed by atoms with Crippen molar-refractivity contribution in [1.29, 1.82) is 0 Å². The first-order valence-electron chi connectivity index (χ1n) is 1.63. The van der Waals surface area contributed by atoms with Crippen molar-refractivity contribution in [3.05, 3.63) is 0 Å². The molecule has 0 saturated carbocycles. The third-order valence-electron chi connectivity index (χ3n) is 0.272. The minimum absolute atomic E-state index is 0.442. The Bertz CT molecular complexity index is 20.9. The normalized spacial score (nSPS) is 9.40. The third kappa shape index (κ3) is 4.83. The van der Waals surface area contributed by atoms with Gasteiger partial charge in [0.25, 0.3) is 0 Å². The molecule has 0 aliphatic carbocycles. The standard InChI is InChI=1S/C3H7O.In/c1-3(2)4;/h3H,1-2H3;/q-1;+1. The molecule has 0 aromatic heterocycles. The van der Waals surface area contributed by atoms with Crippen LogP contribution in [0.2, 0.25) is 0 Å². The van der Waals surface area contributed by atoms with Crippen LogP contribution in [0, 0.1) is 0 Å². The van der Waals surface area contributed by atoms with Crippen LogP contribution in [-0.2, 0) is 2.85 Å². The van der Waals surface area contributed by atoms with E-state index >= 15 is 0 Å². The van der Waals surface area contributed by atoms with Gasteiger partial charge in [-0.05, 0) is 0 Å². The number of hydrogen-bond donors (Lipinski definition) is 0. The van der Waals surface area contributed by atoms with E-state index < -0.39 is 0 Å². The molecule has 28 valence electrons. The van der Waals surface area contributed by atoms with Gasteiger partial charge in [-0.15, -0.1) is 0 Å². The molecule has 0 aromatic carbocycles. The van der Waals surface area contributed by atoms with E-state index in [1.54, 1.807) is 0 Å². The minimum atomic E-state index is 0.442. The van der Waals surface area contributed by atoms with E-state index in [0.717, 1.165) is 24.8 Å². The maximum atomic E-state index is 4.88. The van der Waals surface area contributed by atoms with Crippen molar-refractivity contribution >= 4 is 24.8 Å². The maximum absolute atomic E-state index is 4.88. The van der Waals surface area contributed by atoms with Gasteiger partial charge in [-0.1, -0.05) is 0 Å². The van der Waals surface area contributed by atoms with Gasteiger partial charge in [0.2, 0.25) is 0 Å². The zero-order valence-corrected chi connectivity index (χ0v) is 6.86. The molecule has 0 rings (SSSR count). The molecule has 0 unspecified atom stereocenters. The molecular formula is C3H7InO. The second-order valence-electron chi connectivity index (χ2n) is 1.18. The van der Waals surface area contributed by atoms with Gasteiger partial charge in [0.1, 0.15) is 0 Å². The quantitative estimate of drug-likeness (QED) is 0.562. The van der Waals surface area contributed by atoms with Crippen LogP contribution >= 0.6 is 0 Å². The van der Waals surface area contributed by atoms with Crippen molar-refractivity contribution in [2.24, 2.45) is 0 Å². The van der Waals surface area contributed by atoms with Crippen LogP contribution in [0.15, 0.2) is 0 Å². The summed E-state index contributed by atoms with van der Waals surface area (Å²) in [6.07, 6.45) is 0.442. The second kappa shape index (κ2) is 3.04. The van der Waals surface area contributed by atoms with E-state index in [4.69, 9.17) is 2.85 Å². The van der Waals surface area contributed by atoms with E-state index in [-0.39, 0.29) is 0 Å². The first kappa shape index (κ1) is 5.83. The van der Waals surface area contributed by atoms with Crippen molar-refractivity contribution in [3.63, 3.8) is 0 Å². The summed E-state index contributed by atoms with van der Waals surface area (Å²) >= 11 is 0.926. The van der Waals surface area contributed by atoms with Crippen LogP contribution in [-0.4, -0.2) is 30.9 Å². The molecule has 2 heteroatoms. The summed E-state index contributed by atoms with van der Waals surface area (Å²) in [5, 5.41) is 0. The Kier molecular flexibility index (Phi) is 3.54. The van der Waals surface area contributed by atoms with Crippen LogP contribution in [0.25, 0.3) is 0 Å². The first-order chi connectivity index (χ1) is 2.27. The molecule has 0 spiro atoms. The Hall–Kier alpha value is 0.830. The predicted molar refractivity (Wildman–Crippen MR) is 22.0 cm³/mol. The van der Waals surface area contributed by atoms with Gasteiger partial charge < -0.3 is 0 Å². The SMILES string of the molecule is CC(C)[O][In]. The van der Waals surface area contributed by atoms with Crippen molar-refractivity contribution in [3.8, 4) is 0 Å². The fourth-order valence-electron chi connectivity index (χ4n) is 0. The van der Waals surface area contributed by atoms with Gasteiger partial charge in [-0.2, -0.15) is 0 Å². The molecule has 0 aliphatic rings. The molecule has 1 nitrogen and oxygen atoms in total. The van der Waals surface area contributed by atoms with Crippen molar-refractivity contribution in [2.75, 3.05) is 0 Å². The summed E-state index contributed by atoms with van der Waals surface area (Å²) in [6.45, 7) is 4.07. The average Bonchev–Trinajstić information content (AvgIpc) is 1.38. The Morgan fingerprint density at radius 2 is 1.80 bits per heavy atom. The fourth-order valence-corrected chi connectivity index (χ4v) is 0. The molecule has 0 fully saturated rings. The van der Waals surface area contributed by atoms with Gasteiger partial charge in [-0.3, -0.25) is 0 Å². The Morgan fingerprint density at radius 3 is 1.80 bits per heavy atom. The Balaban J connectivity index is 2.54. The third-order valence-corrected chi connectivity index (χ3v) is 1.83. The topological polar surface area (TPSA) is 9.23 Å². The van der Waals surface area contributed by atoms with Crippen molar-refractivity contribution in [2.45, 2.75) is 20.0 Å². The molecule has 5 heavy (non-hydrogen) atoms. The van der Waals surface area contributed by atoms with Gasteiger partial charge >= 0.3 is 47.6 Å². The van der Waals surface area contributed by atoms with E-state index in [0.29, 0.717) is 6.10 Å². The van der Waals surface area contributed by atoms with Crippen LogP contribution in [0.3, 0.4) is 0 Å². The van der Waals surface area contributed by atoms with Crippen LogP contribution in [0.5, 0.6) is 0 Å². The molecular weight excluding hydrogens is 167 g/mol. The molecule has 0 heterocycles. The first-order valence-corrected chi connectivity index (χ1v) is 2.97. The Morgan fingerprint density at radius 1 is 1.60 bits per heavy atom. The van der Waals surface area contributed by atoms with Gasteiger partial charge in [0.15, 0.2) is 0 Å². The number of rotatable bonds is 1. The van der Waals surface area contributed by atoms with Crippen LogP contribution < -0.4 is 0 Å². The van der Waals surface area contributed by atoms with E-state index in [1.807, 2.05) is 13.8 Å². The van der Waals surface area contributed by atoms with Gasteiger partial charge in [-0.25, -0.2) is 0 Å². The van der Waals surface area contributed by atoms with Gasteiger partial charge in [0, 0.05) is 0 Å². The summed E-state index contributed by atoms with van der Waals surface area (Å²) in [7, 11) is 0. The average molecular weight is 174 g/mol. The number of hydrogen-bond acceptors (Lipinski definition) is 1. The molecule has 0 aliphatic heterocycles. The summed E-state index contributed by atoms with van der Waals surface area (Å²) in [5.74, 6) is 0. The van der Waals surface area contributed by atoms with E-state index in [9.17, 15) is 0 Å². The van der Waals surface area contributed by atoms with Crippen LogP contribution in [0.4, 0.5) is 0 Å².